The first-order valence-electron chi connectivity index (χ1n) is 7.29. The second kappa shape index (κ2) is 6.71. The van der Waals surface area contributed by atoms with Crippen molar-refractivity contribution in [3.63, 3.8) is 0 Å². The van der Waals surface area contributed by atoms with E-state index in [4.69, 9.17) is 27.9 Å². The predicted octanol–water partition coefficient (Wildman–Crippen LogP) is 4.14. The third-order valence-corrected chi connectivity index (χ3v) is 4.20. The zero-order chi connectivity index (χ0) is 15.5. The van der Waals surface area contributed by atoms with Crippen LogP contribution in [-0.2, 0) is 0 Å². The quantitative estimate of drug-likeness (QED) is 0.789. The van der Waals surface area contributed by atoms with Crippen LogP contribution in [0.4, 0.5) is 5.82 Å². The molecule has 2 heterocycles. The fraction of sp³-hybridized carbons (Fsp3) is 0.375. The van der Waals surface area contributed by atoms with Gasteiger partial charge in [0.15, 0.2) is 0 Å². The van der Waals surface area contributed by atoms with E-state index in [-0.39, 0.29) is 6.10 Å². The summed E-state index contributed by atoms with van der Waals surface area (Å²) in [6.45, 7) is 3.60. The fourth-order valence-corrected chi connectivity index (χ4v) is 3.00. The van der Waals surface area contributed by atoms with Crippen LogP contribution in [0.1, 0.15) is 18.7 Å². The number of rotatable bonds is 3. The van der Waals surface area contributed by atoms with Crippen LogP contribution in [-0.4, -0.2) is 29.2 Å². The summed E-state index contributed by atoms with van der Waals surface area (Å²) >= 11 is 12.1. The molecule has 1 aliphatic rings. The Morgan fingerprint density at radius 3 is 2.55 bits per heavy atom. The van der Waals surface area contributed by atoms with Gasteiger partial charge in [-0.05, 0) is 19.1 Å². The van der Waals surface area contributed by atoms with Gasteiger partial charge in [-0.1, -0.05) is 35.3 Å². The predicted molar refractivity (Wildman–Crippen MR) is 89.1 cm³/mol. The highest BCUT2D eigenvalue weighted by atomic mass is 35.5. The minimum absolute atomic E-state index is 0.176. The number of nitrogens with zero attached hydrogens (tertiary/aromatic N) is 3. The molecule has 3 rings (SSSR count). The van der Waals surface area contributed by atoms with Crippen LogP contribution in [0.3, 0.4) is 0 Å². The van der Waals surface area contributed by atoms with Gasteiger partial charge >= 0.3 is 0 Å². The molecule has 0 atom stereocenters. The van der Waals surface area contributed by atoms with Crippen molar-refractivity contribution >= 4 is 29.0 Å². The van der Waals surface area contributed by atoms with Crippen molar-refractivity contribution in [2.75, 3.05) is 18.0 Å². The molecule has 2 aromatic rings. The number of hydrogen-bond donors (Lipinski definition) is 0. The number of piperidine rings is 1. The van der Waals surface area contributed by atoms with E-state index in [2.05, 4.69) is 14.9 Å². The van der Waals surface area contributed by atoms with Crippen LogP contribution in [0, 0.1) is 6.92 Å². The smallest absolute Gasteiger partial charge is 0.138 e. The lowest BCUT2D eigenvalue weighted by Gasteiger charge is -2.33. The van der Waals surface area contributed by atoms with Crippen molar-refractivity contribution in [2.24, 2.45) is 0 Å². The zero-order valence-electron chi connectivity index (χ0n) is 12.3. The lowest BCUT2D eigenvalue weighted by atomic mass is 10.1. The molecule has 1 fully saturated rings. The number of aromatic nitrogens is 2. The van der Waals surface area contributed by atoms with Crippen molar-refractivity contribution in [1.82, 2.24) is 9.97 Å². The van der Waals surface area contributed by atoms with E-state index in [1.807, 2.05) is 37.3 Å². The first kappa shape index (κ1) is 15.4. The summed E-state index contributed by atoms with van der Waals surface area (Å²) in [4.78, 5) is 10.8. The van der Waals surface area contributed by atoms with Gasteiger partial charge in [0.05, 0.1) is 5.02 Å². The topological polar surface area (TPSA) is 38.2 Å². The molecule has 0 spiro atoms. The van der Waals surface area contributed by atoms with Crippen molar-refractivity contribution < 1.29 is 4.74 Å². The molecule has 0 N–H and O–H groups in total. The van der Waals surface area contributed by atoms with Gasteiger partial charge in [0, 0.05) is 32.0 Å². The number of ether oxygens (including phenoxy) is 1. The number of anilines is 1. The highest BCUT2D eigenvalue weighted by Crippen LogP contribution is 2.28. The SMILES string of the molecule is Cc1nc(Cl)cc(N2CCC(Oc3ccccc3Cl)CC2)n1. The van der Waals surface area contributed by atoms with Crippen LogP contribution in [0.5, 0.6) is 5.75 Å². The Hall–Kier alpha value is -1.52. The van der Waals surface area contributed by atoms with Crippen molar-refractivity contribution in [2.45, 2.75) is 25.9 Å². The Balaban J connectivity index is 1.62. The van der Waals surface area contributed by atoms with E-state index in [9.17, 15) is 0 Å². The van der Waals surface area contributed by atoms with Crippen molar-refractivity contribution in [1.29, 1.82) is 0 Å². The Morgan fingerprint density at radius 1 is 1.14 bits per heavy atom. The van der Waals surface area contributed by atoms with Gasteiger partial charge in [0.1, 0.15) is 28.6 Å². The molecule has 6 heteroatoms. The van der Waals surface area contributed by atoms with Crippen LogP contribution in [0.25, 0.3) is 0 Å². The molecule has 1 aromatic carbocycles. The number of hydrogen-bond acceptors (Lipinski definition) is 4. The number of halogens is 2. The molecule has 22 heavy (non-hydrogen) atoms. The molecule has 116 valence electrons. The molecule has 0 aliphatic carbocycles. The second-order valence-electron chi connectivity index (χ2n) is 5.33. The molecule has 0 radical (unpaired) electrons. The summed E-state index contributed by atoms with van der Waals surface area (Å²) in [7, 11) is 0. The fourth-order valence-electron chi connectivity index (χ4n) is 2.60. The maximum absolute atomic E-state index is 6.14. The Morgan fingerprint density at radius 2 is 1.86 bits per heavy atom. The van der Waals surface area contributed by atoms with Crippen LogP contribution >= 0.6 is 23.2 Å². The van der Waals surface area contributed by atoms with E-state index in [1.54, 1.807) is 0 Å². The van der Waals surface area contributed by atoms with E-state index >= 15 is 0 Å². The third-order valence-electron chi connectivity index (χ3n) is 3.69. The van der Waals surface area contributed by atoms with Gasteiger partial charge < -0.3 is 9.64 Å². The molecule has 0 amide bonds. The van der Waals surface area contributed by atoms with Gasteiger partial charge in [-0.3, -0.25) is 0 Å². The van der Waals surface area contributed by atoms with Gasteiger partial charge in [0.25, 0.3) is 0 Å². The normalized spacial score (nSPS) is 15.9. The van der Waals surface area contributed by atoms with Crippen LogP contribution in [0.2, 0.25) is 10.2 Å². The lowest BCUT2D eigenvalue weighted by molar-refractivity contribution is 0.171. The molecule has 0 unspecified atom stereocenters. The van der Waals surface area contributed by atoms with E-state index in [0.717, 1.165) is 37.5 Å². The molecule has 0 saturated carbocycles. The molecule has 1 saturated heterocycles. The average Bonchev–Trinajstić information content (AvgIpc) is 2.49. The molecular weight excluding hydrogens is 321 g/mol. The summed E-state index contributed by atoms with van der Waals surface area (Å²) in [5.74, 6) is 2.33. The van der Waals surface area contributed by atoms with Crippen molar-refractivity contribution in [3.05, 3.63) is 46.3 Å². The summed E-state index contributed by atoms with van der Waals surface area (Å²) in [6.07, 6.45) is 2.02. The summed E-state index contributed by atoms with van der Waals surface area (Å²) < 4.78 is 6.00. The number of aryl methyl sites for hydroxylation is 1. The average molecular weight is 338 g/mol. The molecular formula is C16H17Cl2N3O. The van der Waals surface area contributed by atoms with E-state index < -0.39 is 0 Å². The summed E-state index contributed by atoms with van der Waals surface area (Å²) in [6, 6.07) is 9.39. The monoisotopic (exact) mass is 337 g/mol. The Labute approximate surface area is 140 Å². The van der Waals surface area contributed by atoms with Gasteiger partial charge in [0.2, 0.25) is 0 Å². The minimum Gasteiger partial charge on any atom is -0.489 e. The molecule has 1 aromatic heterocycles. The summed E-state index contributed by atoms with van der Waals surface area (Å²) in [5.41, 5.74) is 0. The van der Waals surface area contributed by atoms with Crippen molar-refractivity contribution in [3.8, 4) is 5.75 Å². The molecule has 4 nitrogen and oxygen atoms in total. The zero-order valence-corrected chi connectivity index (χ0v) is 13.8. The van der Waals surface area contributed by atoms with Crippen LogP contribution in [0.15, 0.2) is 30.3 Å². The molecule has 0 bridgehead atoms. The minimum atomic E-state index is 0.176. The maximum atomic E-state index is 6.14. The second-order valence-corrected chi connectivity index (χ2v) is 6.13. The van der Waals surface area contributed by atoms with E-state index in [0.29, 0.717) is 16.0 Å². The standard InChI is InChI=1S/C16H17Cl2N3O/c1-11-19-15(18)10-16(20-11)21-8-6-12(7-9-21)22-14-5-3-2-4-13(14)17/h2-5,10,12H,6-9H2,1H3. The van der Waals surface area contributed by atoms with E-state index in [1.165, 1.54) is 0 Å². The lowest BCUT2D eigenvalue weighted by Crippen LogP contribution is -2.38. The highest BCUT2D eigenvalue weighted by molar-refractivity contribution is 6.32. The number of benzene rings is 1. The number of para-hydroxylation sites is 1. The van der Waals surface area contributed by atoms with Gasteiger partial charge in [-0.25, -0.2) is 9.97 Å². The molecule has 1 aliphatic heterocycles. The largest absolute Gasteiger partial charge is 0.489 e. The maximum Gasteiger partial charge on any atom is 0.138 e. The van der Waals surface area contributed by atoms with Gasteiger partial charge in [-0.15, -0.1) is 0 Å². The Kier molecular flexibility index (Phi) is 4.69. The highest BCUT2D eigenvalue weighted by Gasteiger charge is 2.22. The first-order valence-corrected chi connectivity index (χ1v) is 8.05. The van der Waals surface area contributed by atoms with Gasteiger partial charge in [-0.2, -0.15) is 0 Å². The van der Waals surface area contributed by atoms with Crippen LogP contribution < -0.4 is 9.64 Å². The Bertz CT molecular complexity index is 637. The first-order chi connectivity index (χ1) is 10.6. The third kappa shape index (κ3) is 3.62. The summed E-state index contributed by atoms with van der Waals surface area (Å²) in [5, 5.41) is 1.14.